The Hall–Kier alpha value is -3.66. The van der Waals surface area contributed by atoms with Crippen LogP contribution >= 0.6 is 12.6 Å². The molecular formula is C29H36N4O5S. The minimum absolute atomic E-state index is 0.0980. The van der Waals surface area contributed by atoms with Gasteiger partial charge < -0.3 is 16.0 Å². The topological polar surface area (TPSA) is 125 Å². The fraction of sp³-hybridized carbons (Fsp3) is 0.414. The van der Waals surface area contributed by atoms with Crippen LogP contribution in [0.4, 0.5) is 0 Å². The SMILES string of the molecule is CNC(=O)C(Cc1ccccc1)NC(=O)C(CC(C)C)NC(=O)C(S)CCCN1C(=O)c2ccccc2C1=O. The standard InChI is InChI=1S/C29H36N4O5S/c1-18(2)16-22(26(35)31-23(25(34)30-3)17-19-10-5-4-6-11-19)32-27(36)24(39)14-9-15-33-28(37)20-12-7-8-13-21(20)29(33)38/h4-8,10-13,18,22-24,39H,9,14-17H2,1-3H3,(H,30,34)(H,31,35)(H,32,36). The van der Waals surface area contributed by atoms with Gasteiger partial charge in [-0.2, -0.15) is 12.6 Å². The van der Waals surface area contributed by atoms with Gasteiger partial charge in [0.05, 0.1) is 16.4 Å². The van der Waals surface area contributed by atoms with Crippen molar-refractivity contribution >= 4 is 42.2 Å². The molecule has 0 spiro atoms. The molecule has 2 aromatic rings. The second-order valence-corrected chi connectivity index (χ2v) is 10.6. The molecule has 0 aliphatic carbocycles. The number of hydrogen-bond donors (Lipinski definition) is 4. The summed E-state index contributed by atoms with van der Waals surface area (Å²) in [5.41, 5.74) is 1.66. The number of fused-ring (bicyclic) bond motifs is 1. The van der Waals surface area contributed by atoms with Gasteiger partial charge in [0.15, 0.2) is 0 Å². The predicted octanol–water partition coefficient (Wildman–Crippen LogP) is 2.37. The minimum Gasteiger partial charge on any atom is -0.357 e. The summed E-state index contributed by atoms with van der Waals surface area (Å²) >= 11 is 4.42. The van der Waals surface area contributed by atoms with Crippen molar-refractivity contribution in [3.63, 3.8) is 0 Å². The van der Waals surface area contributed by atoms with Crippen LogP contribution in [-0.2, 0) is 20.8 Å². The number of amides is 5. The Morgan fingerprint density at radius 3 is 1.95 bits per heavy atom. The van der Waals surface area contributed by atoms with Crippen molar-refractivity contribution in [3.05, 3.63) is 71.3 Å². The van der Waals surface area contributed by atoms with Crippen LogP contribution in [0.2, 0.25) is 0 Å². The molecule has 1 aliphatic rings. The van der Waals surface area contributed by atoms with Crippen LogP contribution in [0.15, 0.2) is 54.6 Å². The molecule has 1 aliphatic heterocycles. The summed E-state index contributed by atoms with van der Waals surface area (Å²) in [6, 6.07) is 14.4. The van der Waals surface area contributed by atoms with Gasteiger partial charge in [-0.3, -0.25) is 28.9 Å². The maximum atomic E-state index is 13.2. The largest absolute Gasteiger partial charge is 0.357 e. The number of rotatable bonds is 13. The van der Waals surface area contributed by atoms with Gasteiger partial charge in [-0.1, -0.05) is 56.3 Å². The Bertz CT molecular complexity index is 1170. The van der Waals surface area contributed by atoms with Crippen LogP contribution in [0, 0.1) is 5.92 Å². The quantitative estimate of drug-likeness (QED) is 0.224. The normalized spacial score (nSPS) is 14.9. The molecule has 208 valence electrons. The number of nitrogens with one attached hydrogen (secondary N) is 3. The Kier molecular flexibility index (Phi) is 10.7. The molecular weight excluding hydrogens is 516 g/mol. The molecule has 1 heterocycles. The van der Waals surface area contributed by atoms with E-state index in [0.29, 0.717) is 36.8 Å². The van der Waals surface area contributed by atoms with E-state index in [1.807, 2.05) is 44.2 Å². The molecule has 5 amide bonds. The summed E-state index contributed by atoms with van der Waals surface area (Å²) in [4.78, 5) is 64.9. The van der Waals surface area contributed by atoms with Crippen molar-refractivity contribution in [3.8, 4) is 0 Å². The van der Waals surface area contributed by atoms with Gasteiger partial charge >= 0.3 is 0 Å². The van der Waals surface area contributed by atoms with E-state index in [4.69, 9.17) is 0 Å². The zero-order valence-electron chi connectivity index (χ0n) is 22.5. The van der Waals surface area contributed by atoms with Crippen LogP contribution in [-0.4, -0.2) is 65.4 Å². The molecule has 0 fully saturated rings. The molecule has 39 heavy (non-hydrogen) atoms. The lowest BCUT2D eigenvalue weighted by Gasteiger charge is -2.25. The molecule has 3 N–H and O–H groups in total. The van der Waals surface area contributed by atoms with Crippen LogP contribution in [0.3, 0.4) is 0 Å². The Morgan fingerprint density at radius 1 is 0.821 bits per heavy atom. The van der Waals surface area contributed by atoms with E-state index in [9.17, 15) is 24.0 Å². The number of carbonyl (C=O) groups excluding carboxylic acids is 5. The van der Waals surface area contributed by atoms with Gasteiger partial charge in [0.1, 0.15) is 12.1 Å². The van der Waals surface area contributed by atoms with Gasteiger partial charge in [0.2, 0.25) is 17.7 Å². The number of thiol groups is 1. The van der Waals surface area contributed by atoms with Gasteiger partial charge in [-0.15, -0.1) is 0 Å². The van der Waals surface area contributed by atoms with Crippen molar-refractivity contribution in [2.75, 3.05) is 13.6 Å². The van der Waals surface area contributed by atoms with Crippen molar-refractivity contribution in [2.45, 2.75) is 56.9 Å². The fourth-order valence-corrected chi connectivity index (χ4v) is 4.75. The first-order chi connectivity index (χ1) is 18.6. The van der Waals surface area contributed by atoms with Gasteiger partial charge in [-0.05, 0) is 42.9 Å². The Morgan fingerprint density at radius 2 is 1.38 bits per heavy atom. The maximum Gasteiger partial charge on any atom is 0.261 e. The molecule has 0 saturated carbocycles. The number of likely N-dealkylation sites (N-methyl/N-ethyl adjacent to an activating group) is 1. The number of imide groups is 1. The van der Waals surface area contributed by atoms with E-state index in [2.05, 4.69) is 28.6 Å². The highest BCUT2D eigenvalue weighted by Crippen LogP contribution is 2.23. The van der Waals surface area contributed by atoms with E-state index in [-0.39, 0.29) is 30.2 Å². The summed E-state index contributed by atoms with van der Waals surface area (Å²) in [7, 11) is 1.51. The lowest BCUT2D eigenvalue weighted by molar-refractivity contribution is -0.132. The van der Waals surface area contributed by atoms with Crippen LogP contribution in [0.5, 0.6) is 0 Å². The minimum atomic E-state index is -0.855. The monoisotopic (exact) mass is 552 g/mol. The molecule has 2 aromatic carbocycles. The van der Waals surface area contributed by atoms with Crippen molar-refractivity contribution < 1.29 is 24.0 Å². The molecule has 0 saturated heterocycles. The molecule has 3 rings (SSSR count). The summed E-state index contributed by atoms with van der Waals surface area (Å²) < 4.78 is 0. The first kappa shape index (κ1) is 29.9. The first-order valence-electron chi connectivity index (χ1n) is 13.1. The zero-order chi connectivity index (χ0) is 28.5. The summed E-state index contributed by atoms with van der Waals surface area (Å²) in [6.07, 6.45) is 1.36. The molecule has 3 unspecified atom stereocenters. The molecule has 9 nitrogen and oxygen atoms in total. The number of hydrogen-bond acceptors (Lipinski definition) is 6. The fourth-order valence-electron chi connectivity index (χ4n) is 4.49. The third-order valence-electron chi connectivity index (χ3n) is 6.54. The molecule has 10 heteroatoms. The summed E-state index contributed by atoms with van der Waals surface area (Å²) in [5, 5.41) is 7.40. The van der Waals surface area contributed by atoms with E-state index in [1.54, 1.807) is 24.3 Å². The number of benzene rings is 2. The zero-order valence-corrected chi connectivity index (χ0v) is 23.4. The van der Waals surface area contributed by atoms with E-state index in [1.165, 1.54) is 11.9 Å². The van der Waals surface area contributed by atoms with E-state index < -0.39 is 29.1 Å². The Balaban J connectivity index is 1.57. The average molecular weight is 553 g/mol. The first-order valence-corrected chi connectivity index (χ1v) is 13.6. The van der Waals surface area contributed by atoms with Crippen molar-refractivity contribution in [1.29, 1.82) is 0 Å². The number of nitrogens with zero attached hydrogens (tertiary/aromatic N) is 1. The number of carbonyl (C=O) groups is 5. The lowest BCUT2D eigenvalue weighted by atomic mass is 10.0. The predicted molar refractivity (Wildman–Crippen MR) is 151 cm³/mol. The van der Waals surface area contributed by atoms with Gasteiger partial charge in [0, 0.05) is 20.0 Å². The third kappa shape index (κ3) is 7.92. The van der Waals surface area contributed by atoms with Gasteiger partial charge in [0.25, 0.3) is 11.8 Å². The maximum absolute atomic E-state index is 13.2. The van der Waals surface area contributed by atoms with E-state index >= 15 is 0 Å². The highest BCUT2D eigenvalue weighted by Gasteiger charge is 2.35. The second-order valence-electron chi connectivity index (χ2n) is 10.0. The lowest BCUT2D eigenvalue weighted by Crippen LogP contribution is -2.55. The van der Waals surface area contributed by atoms with Crippen LogP contribution in [0.1, 0.15) is 59.4 Å². The molecule has 3 atom stereocenters. The highest BCUT2D eigenvalue weighted by molar-refractivity contribution is 7.81. The van der Waals surface area contributed by atoms with Crippen LogP contribution < -0.4 is 16.0 Å². The van der Waals surface area contributed by atoms with Crippen molar-refractivity contribution in [1.82, 2.24) is 20.9 Å². The average Bonchev–Trinajstić information content (AvgIpc) is 3.16. The van der Waals surface area contributed by atoms with E-state index in [0.717, 1.165) is 5.56 Å². The van der Waals surface area contributed by atoms with Crippen molar-refractivity contribution in [2.24, 2.45) is 5.92 Å². The molecule has 0 bridgehead atoms. The molecule has 0 aromatic heterocycles. The second kappa shape index (κ2) is 13.9. The summed E-state index contributed by atoms with van der Waals surface area (Å²) in [5.74, 6) is -1.80. The summed E-state index contributed by atoms with van der Waals surface area (Å²) in [6.45, 7) is 4.04. The van der Waals surface area contributed by atoms with Gasteiger partial charge in [-0.25, -0.2) is 0 Å². The smallest absolute Gasteiger partial charge is 0.261 e. The highest BCUT2D eigenvalue weighted by atomic mass is 32.1. The molecule has 0 radical (unpaired) electrons. The van der Waals surface area contributed by atoms with Crippen LogP contribution in [0.25, 0.3) is 0 Å². The Labute approximate surface area is 234 Å². The third-order valence-corrected chi connectivity index (χ3v) is 7.03.